The number of urea groups is 1. The van der Waals surface area contributed by atoms with Gasteiger partial charge in [-0.05, 0) is 71.3 Å². The molecule has 9 heteroatoms. The average Bonchev–Trinajstić information content (AvgIpc) is 2.95. The van der Waals surface area contributed by atoms with E-state index in [4.69, 9.17) is 21.1 Å². The summed E-state index contributed by atoms with van der Waals surface area (Å²) >= 11 is 6.47. The van der Waals surface area contributed by atoms with Gasteiger partial charge in [0.05, 0.1) is 22.9 Å². The summed E-state index contributed by atoms with van der Waals surface area (Å²) in [6, 6.07) is 23.7. The predicted octanol–water partition coefficient (Wildman–Crippen LogP) is 5.92. The first-order chi connectivity index (χ1) is 19.4. The molecule has 1 heterocycles. The number of rotatable bonds is 7. The summed E-state index contributed by atoms with van der Waals surface area (Å²) < 4.78 is 10.9. The molecule has 40 heavy (non-hydrogen) atoms. The molecule has 0 bridgehead atoms. The fourth-order valence-corrected chi connectivity index (χ4v) is 4.56. The zero-order chi connectivity index (χ0) is 28.2. The lowest BCUT2D eigenvalue weighted by molar-refractivity contribution is -0.122. The van der Waals surface area contributed by atoms with Crippen molar-refractivity contribution >= 4 is 58.0 Å². The molecule has 4 amide bonds. The van der Waals surface area contributed by atoms with Gasteiger partial charge in [0.1, 0.15) is 17.9 Å². The Morgan fingerprint density at radius 1 is 0.950 bits per heavy atom. The lowest BCUT2D eigenvalue weighted by Gasteiger charge is -2.26. The molecule has 4 aromatic carbocycles. The number of hydrogen-bond acceptors (Lipinski definition) is 6. The van der Waals surface area contributed by atoms with E-state index in [0.717, 1.165) is 21.2 Å². The van der Waals surface area contributed by atoms with Crippen molar-refractivity contribution in [1.29, 1.82) is 0 Å². The van der Waals surface area contributed by atoms with E-state index >= 15 is 0 Å². The minimum absolute atomic E-state index is 0.184. The highest BCUT2D eigenvalue weighted by atomic mass is 35.5. The number of halogens is 1. The van der Waals surface area contributed by atoms with E-state index in [9.17, 15) is 19.2 Å². The van der Waals surface area contributed by atoms with E-state index in [1.54, 1.807) is 25.1 Å². The Hall–Kier alpha value is -4.95. The van der Waals surface area contributed by atoms with Gasteiger partial charge in [-0.2, -0.15) is 0 Å². The summed E-state index contributed by atoms with van der Waals surface area (Å²) in [5.41, 5.74) is 1.66. The Bertz CT molecular complexity index is 1670. The Kier molecular flexibility index (Phi) is 7.61. The van der Waals surface area contributed by atoms with Crippen LogP contribution in [0.5, 0.6) is 5.75 Å². The Morgan fingerprint density at radius 2 is 1.70 bits per heavy atom. The van der Waals surface area contributed by atoms with Crippen molar-refractivity contribution in [1.82, 2.24) is 5.32 Å². The summed E-state index contributed by atoms with van der Waals surface area (Å²) in [7, 11) is 0. The van der Waals surface area contributed by atoms with Crippen LogP contribution in [-0.2, 0) is 20.9 Å². The molecule has 5 rings (SSSR count). The highest BCUT2D eigenvalue weighted by molar-refractivity contribution is 6.39. The van der Waals surface area contributed by atoms with Gasteiger partial charge in [-0.3, -0.25) is 14.9 Å². The molecule has 0 saturated carbocycles. The standard InChI is InChI=1S/C31H23ClN2O6/c1-2-39-30(37)21-11-13-23(14-12-21)34-29(36)25(28(35)33-31(34)38)16-19-10-15-27(26(32)17-19)40-18-22-8-5-7-20-6-3-4-9-24(20)22/h3-17H,2,18H2,1H3,(H,33,35,38)/b25-16+. The fourth-order valence-electron chi connectivity index (χ4n) is 4.32. The molecule has 8 nitrogen and oxygen atoms in total. The number of imide groups is 2. The van der Waals surface area contributed by atoms with Crippen LogP contribution in [0.1, 0.15) is 28.4 Å². The topological polar surface area (TPSA) is 102 Å². The normalized spacial score (nSPS) is 14.4. The number of nitrogens with one attached hydrogen (secondary N) is 1. The molecule has 0 aliphatic carbocycles. The number of anilines is 1. The maximum atomic E-state index is 13.2. The zero-order valence-corrected chi connectivity index (χ0v) is 22.1. The second-order valence-corrected chi connectivity index (χ2v) is 9.25. The van der Waals surface area contributed by atoms with Gasteiger partial charge in [0.25, 0.3) is 11.8 Å². The molecule has 1 fully saturated rings. The average molecular weight is 555 g/mol. The molecule has 4 aromatic rings. The number of carbonyl (C=O) groups excluding carboxylic acids is 4. The van der Waals surface area contributed by atoms with Gasteiger partial charge >= 0.3 is 12.0 Å². The van der Waals surface area contributed by atoms with Crippen LogP contribution in [0.15, 0.2) is 90.5 Å². The number of carbonyl (C=O) groups is 4. The first-order valence-corrected chi connectivity index (χ1v) is 12.8. The van der Waals surface area contributed by atoms with Crippen LogP contribution in [0.2, 0.25) is 5.02 Å². The van der Waals surface area contributed by atoms with Gasteiger partial charge in [0, 0.05) is 0 Å². The maximum Gasteiger partial charge on any atom is 0.338 e. The molecule has 0 spiro atoms. The van der Waals surface area contributed by atoms with E-state index in [1.807, 2.05) is 42.5 Å². The monoisotopic (exact) mass is 554 g/mol. The Labute approximate surface area is 234 Å². The highest BCUT2D eigenvalue weighted by Crippen LogP contribution is 2.29. The molecule has 1 aliphatic heterocycles. The van der Waals surface area contributed by atoms with E-state index < -0.39 is 23.8 Å². The maximum absolute atomic E-state index is 13.2. The second-order valence-electron chi connectivity index (χ2n) is 8.84. The number of esters is 1. The number of barbiturate groups is 1. The molecule has 0 atom stereocenters. The lowest BCUT2D eigenvalue weighted by Crippen LogP contribution is -2.54. The minimum Gasteiger partial charge on any atom is -0.487 e. The third-order valence-corrected chi connectivity index (χ3v) is 6.56. The summed E-state index contributed by atoms with van der Waals surface area (Å²) in [4.78, 5) is 51.0. The number of benzene rings is 4. The van der Waals surface area contributed by atoms with Crippen LogP contribution in [-0.4, -0.2) is 30.4 Å². The fraction of sp³-hybridized carbons (Fsp3) is 0.0968. The molecular weight excluding hydrogens is 532 g/mol. The van der Waals surface area contributed by atoms with E-state index in [1.165, 1.54) is 30.3 Å². The number of nitrogens with zero attached hydrogens (tertiary/aromatic N) is 1. The molecule has 0 unspecified atom stereocenters. The number of ether oxygens (including phenoxy) is 2. The van der Waals surface area contributed by atoms with E-state index in [2.05, 4.69) is 5.32 Å². The van der Waals surface area contributed by atoms with Crippen molar-refractivity contribution in [3.05, 3.63) is 112 Å². The quantitative estimate of drug-likeness (QED) is 0.173. The minimum atomic E-state index is -0.897. The highest BCUT2D eigenvalue weighted by Gasteiger charge is 2.36. The summed E-state index contributed by atoms with van der Waals surface area (Å²) in [5.74, 6) is -1.73. The molecular formula is C31H23ClN2O6. The smallest absolute Gasteiger partial charge is 0.338 e. The predicted molar refractivity (Wildman–Crippen MR) is 151 cm³/mol. The van der Waals surface area contributed by atoms with Crippen LogP contribution in [0.25, 0.3) is 16.8 Å². The summed E-state index contributed by atoms with van der Waals surface area (Å²) in [6.45, 7) is 2.20. The van der Waals surface area contributed by atoms with Crippen LogP contribution >= 0.6 is 11.6 Å². The first kappa shape index (κ1) is 26.6. The molecule has 200 valence electrons. The third kappa shape index (κ3) is 5.43. The van der Waals surface area contributed by atoms with Crippen molar-refractivity contribution in [2.75, 3.05) is 11.5 Å². The molecule has 1 aliphatic rings. The Morgan fingerprint density at radius 3 is 2.45 bits per heavy atom. The summed E-state index contributed by atoms with van der Waals surface area (Å²) in [6.07, 6.45) is 1.35. The van der Waals surface area contributed by atoms with Crippen molar-refractivity contribution in [2.45, 2.75) is 13.5 Å². The lowest BCUT2D eigenvalue weighted by atomic mass is 10.1. The molecule has 0 aromatic heterocycles. The SMILES string of the molecule is CCOC(=O)c1ccc(N2C(=O)NC(=O)/C(=C\c3ccc(OCc4cccc5ccccc45)c(Cl)c3)C2=O)cc1. The van der Waals surface area contributed by atoms with Gasteiger partial charge in [0.15, 0.2) is 0 Å². The third-order valence-electron chi connectivity index (χ3n) is 6.27. The largest absolute Gasteiger partial charge is 0.487 e. The molecule has 1 N–H and O–H groups in total. The van der Waals surface area contributed by atoms with Crippen molar-refractivity contribution < 1.29 is 28.7 Å². The van der Waals surface area contributed by atoms with Gasteiger partial charge in [-0.1, -0.05) is 60.1 Å². The Balaban J connectivity index is 1.35. The van der Waals surface area contributed by atoms with Gasteiger partial charge in [0.2, 0.25) is 0 Å². The first-order valence-electron chi connectivity index (χ1n) is 12.4. The van der Waals surface area contributed by atoms with Gasteiger partial charge in [-0.15, -0.1) is 0 Å². The van der Waals surface area contributed by atoms with Crippen molar-refractivity contribution in [3.8, 4) is 5.75 Å². The molecule has 0 radical (unpaired) electrons. The van der Waals surface area contributed by atoms with Crippen LogP contribution < -0.4 is 15.0 Å². The number of hydrogen-bond donors (Lipinski definition) is 1. The van der Waals surface area contributed by atoms with Crippen LogP contribution in [0, 0.1) is 0 Å². The second kappa shape index (κ2) is 11.4. The van der Waals surface area contributed by atoms with Crippen LogP contribution in [0.3, 0.4) is 0 Å². The van der Waals surface area contributed by atoms with E-state index in [-0.39, 0.29) is 23.4 Å². The van der Waals surface area contributed by atoms with Crippen LogP contribution in [0.4, 0.5) is 10.5 Å². The number of fused-ring (bicyclic) bond motifs is 1. The molecule has 1 saturated heterocycles. The van der Waals surface area contributed by atoms with Crippen molar-refractivity contribution in [3.63, 3.8) is 0 Å². The zero-order valence-electron chi connectivity index (χ0n) is 21.3. The summed E-state index contributed by atoms with van der Waals surface area (Å²) in [5, 5.41) is 4.66. The van der Waals surface area contributed by atoms with E-state index in [0.29, 0.717) is 22.9 Å². The van der Waals surface area contributed by atoms with Gasteiger partial charge in [-0.25, -0.2) is 14.5 Å². The van der Waals surface area contributed by atoms with Gasteiger partial charge < -0.3 is 9.47 Å². The van der Waals surface area contributed by atoms with Crippen molar-refractivity contribution in [2.24, 2.45) is 0 Å². The number of amides is 4.